The molecule has 0 spiro atoms. The Bertz CT molecular complexity index is 539. The molecule has 2 unspecified atom stereocenters. The van der Waals surface area contributed by atoms with Crippen molar-refractivity contribution in [3.63, 3.8) is 0 Å². The van der Waals surface area contributed by atoms with E-state index in [1.165, 1.54) is 18.7 Å². The molecule has 3 atom stereocenters. The highest BCUT2D eigenvalue weighted by atomic mass is 19.1. The van der Waals surface area contributed by atoms with Crippen LogP contribution in [0.2, 0.25) is 0 Å². The molecule has 0 radical (unpaired) electrons. The monoisotopic (exact) mass is 339 g/mol. The largest absolute Gasteiger partial charge is 0.361 e. The van der Waals surface area contributed by atoms with E-state index >= 15 is 0 Å². The van der Waals surface area contributed by atoms with Crippen LogP contribution in [0.4, 0.5) is 10.1 Å². The maximum absolute atomic E-state index is 13.1. The van der Waals surface area contributed by atoms with Gasteiger partial charge in [-0.1, -0.05) is 19.9 Å². The summed E-state index contributed by atoms with van der Waals surface area (Å²) in [4.78, 5) is 14.8. The van der Waals surface area contributed by atoms with E-state index in [4.69, 9.17) is 4.74 Å². The number of quaternary nitrogens is 2. The molecule has 1 fully saturated rings. The van der Waals surface area contributed by atoms with Gasteiger partial charge in [0, 0.05) is 11.6 Å². The first-order valence-electron chi connectivity index (χ1n) is 8.74. The van der Waals surface area contributed by atoms with Crippen molar-refractivity contribution in [1.82, 2.24) is 0 Å². The number of morpholine rings is 1. The molecule has 1 amide bonds. The molecule has 1 aromatic carbocycles. The maximum atomic E-state index is 13.1. The Morgan fingerprint density at radius 1 is 1.50 bits per heavy atom. The van der Waals surface area contributed by atoms with Crippen LogP contribution in [0, 0.1) is 11.7 Å². The number of likely N-dealkylation sites (N-methyl/N-ethyl adjacent to an activating group) is 1. The summed E-state index contributed by atoms with van der Waals surface area (Å²) in [6.45, 7) is 9.65. The summed E-state index contributed by atoms with van der Waals surface area (Å²) in [6, 6.07) is 5.96. The van der Waals surface area contributed by atoms with Crippen molar-refractivity contribution in [2.75, 3.05) is 51.7 Å². The van der Waals surface area contributed by atoms with Crippen LogP contribution >= 0.6 is 0 Å². The van der Waals surface area contributed by atoms with E-state index in [0.717, 1.165) is 31.1 Å². The molecule has 0 aliphatic carbocycles. The summed E-state index contributed by atoms with van der Waals surface area (Å²) in [5, 5.41) is 2.74. The lowest BCUT2D eigenvalue weighted by Crippen LogP contribution is -3.18. The molecule has 6 heteroatoms. The number of nitrogens with one attached hydrogen (secondary N) is 3. The third-order valence-corrected chi connectivity index (χ3v) is 4.17. The average Bonchev–Trinajstić information content (AvgIpc) is 2.46. The van der Waals surface area contributed by atoms with Gasteiger partial charge in [-0.3, -0.25) is 4.79 Å². The minimum atomic E-state index is -0.350. The van der Waals surface area contributed by atoms with Crippen molar-refractivity contribution in [1.29, 1.82) is 0 Å². The van der Waals surface area contributed by atoms with Crippen molar-refractivity contribution >= 4 is 11.6 Å². The summed E-state index contributed by atoms with van der Waals surface area (Å²) in [6.07, 6.45) is 0.189. The van der Waals surface area contributed by atoms with Crippen LogP contribution in [0.5, 0.6) is 0 Å². The molecule has 0 aromatic heterocycles. The summed E-state index contributed by atoms with van der Waals surface area (Å²) in [5.74, 6) is 0.221. The lowest BCUT2D eigenvalue weighted by Gasteiger charge is -2.31. The summed E-state index contributed by atoms with van der Waals surface area (Å²) in [7, 11) is 1.99. The molecule has 134 valence electrons. The predicted octanol–water partition coefficient (Wildman–Crippen LogP) is -0.781. The van der Waals surface area contributed by atoms with E-state index in [-0.39, 0.29) is 17.8 Å². The number of rotatable bonds is 7. The van der Waals surface area contributed by atoms with Crippen LogP contribution < -0.4 is 15.1 Å². The van der Waals surface area contributed by atoms with Crippen LogP contribution in [0.1, 0.15) is 13.8 Å². The van der Waals surface area contributed by atoms with Gasteiger partial charge in [0.25, 0.3) is 5.91 Å². The van der Waals surface area contributed by atoms with E-state index in [1.807, 2.05) is 7.05 Å². The average molecular weight is 339 g/mol. The van der Waals surface area contributed by atoms with E-state index in [1.54, 1.807) is 17.0 Å². The van der Waals surface area contributed by atoms with Crippen molar-refractivity contribution in [2.24, 2.45) is 5.92 Å². The molecule has 5 nitrogen and oxygen atoms in total. The Hall–Kier alpha value is -1.50. The number of anilines is 1. The second kappa shape index (κ2) is 9.11. The van der Waals surface area contributed by atoms with Crippen molar-refractivity contribution in [3.8, 4) is 0 Å². The minimum absolute atomic E-state index is 0.111. The molecular weight excluding hydrogens is 309 g/mol. The van der Waals surface area contributed by atoms with Gasteiger partial charge in [0.05, 0.1) is 20.2 Å². The number of halogens is 1. The molecule has 3 N–H and O–H groups in total. The van der Waals surface area contributed by atoms with Crippen LogP contribution in [-0.4, -0.2) is 58.4 Å². The van der Waals surface area contributed by atoms with Crippen molar-refractivity contribution in [3.05, 3.63) is 30.1 Å². The van der Waals surface area contributed by atoms with Crippen molar-refractivity contribution in [2.45, 2.75) is 20.0 Å². The van der Waals surface area contributed by atoms with E-state index < -0.39 is 0 Å². The lowest BCUT2D eigenvalue weighted by molar-refractivity contribution is -0.926. The highest BCUT2D eigenvalue weighted by Crippen LogP contribution is 2.08. The van der Waals surface area contributed by atoms with Gasteiger partial charge in [0.15, 0.2) is 12.6 Å². The van der Waals surface area contributed by atoms with Gasteiger partial charge in [-0.25, -0.2) is 4.39 Å². The fourth-order valence-corrected chi connectivity index (χ4v) is 3.25. The number of amides is 1. The van der Waals surface area contributed by atoms with Crippen LogP contribution in [0.3, 0.4) is 0 Å². The summed E-state index contributed by atoms with van der Waals surface area (Å²) in [5.41, 5.74) is 0.495. The van der Waals surface area contributed by atoms with Gasteiger partial charge in [0.1, 0.15) is 25.5 Å². The smallest absolute Gasteiger partial charge is 0.279 e. The number of hydrogen-bond donors (Lipinski definition) is 3. The number of hydrogen-bond acceptors (Lipinski definition) is 2. The second-order valence-corrected chi connectivity index (χ2v) is 7.19. The molecule has 1 aliphatic heterocycles. The van der Waals surface area contributed by atoms with E-state index in [2.05, 4.69) is 19.2 Å². The zero-order chi connectivity index (χ0) is 17.5. The first kappa shape index (κ1) is 18.8. The molecule has 2 rings (SSSR count). The first-order valence-corrected chi connectivity index (χ1v) is 8.74. The Labute approximate surface area is 143 Å². The third kappa shape index (κ3) is 6.55. The molecule has 0 saturated carbocycles. The highest BCUT2D eigenvalue weighted by Gasteiger charge is 2.27. The van der Waals surface area contributed by atoms with Crippen molar-refractivity contribution < 1.29 is 23.7 Å². The molecule has 1 saturated heterocycles. The SMILES string of the molecule is CC(C)C[NH+]1CCO[C@@H](C[NH+](C)CC(=O)Nc2cccc(F)c2)C1. The highest BCUT2D eigenvalue weighted by molar-refractivity contribution is 5.91. The van der Waals surface area contributed by atoms with Gasteiger partial charge < -0.3 is 19.9 Å². The fraction of sp³-hybridized carbons (Fsp3) is 0.611. The number of carbonyl (C=O) groups is 1. The Kier molecular flexibility index (Phi) is 7.15. The molecule has 24 heavy (non-hydrogen) atoms. The normalized spacial score (nSPS) is 22.4. The Morgan fingerprint density at radius 3 is 3.00 bits per heavy atom. The molecule has 0 bridgehead atoms. The molecule has 1 aromatic rings. The Balaban J connectivity index is 1.75. The van der Waals surface area contributed by atoms with Gasteiger partial charge in [-0.15, -0.1) is 0 Å². The quantitative estimate of drug-likeness (QED) is 0.610. The minimum Gasteiger partial charge on any atom is -0.361 e. The van der Waals surface area contributed by atoms with Crippen LogP contribution in [0.25, 0.3) is 0 Å². The number of ether oxygens (including phenoxy) is 1. The lowest BCUT2D eigenvalue weighted by atomic mass is 10.1. The van der Waals surface area contributed by atoms with E-state index in [0.29, 0.717) is 18.2 Å². The van der Waals surface area contributed by atoms with Gasteiger partial charge in [0.2, 0.25) is 0 Å². The fourth-order valence-electron chi connectivity index (χ4n) is 3.25. The first-order chi connectivity index (χ1) is 11.4. The van der Waals surface area contributed by atoms with Gasteiger partial charge in [-0.05, 0) is 18.2 Å². The third-order valence-electron chi connectivity index (χ3n) is 4.17. The number of benzene rings is 1. The second-order valence-electron chi connectivity index (χ2n) is 7.19. The topological polar surface area (TPSA) is 47.2 Å². The summed E-state index contributed by atoms with van der Waals surface area (Å²) < 4.78 is 19.0. The standard InChI is InChI=1S/C18H28FN3O2/c1-14(2)10-22-7-8-24-17(12-22)11-21(3)13-18(23)20-16-6-4-5-15(19)9-16/h4-6,9,14,17H,7-8,10-13H2,1-3H3,(H,20,23)/p+2/t17-/m0/s1. The zero-order valence-electron chi connectivity index (χ0n) is 14.9. The maximum Gasteiger partial charge on any atom is 0.279 e. The van der Waals surface area contributed by atoms with Crippen LogP contribution in [0.15, 0.2) is 24.3 Å². The molecular formula is C18H30FN3O2+2. The predicted molar refractivity (Wildman–Crippen MR) is 91.8 cm³/mol. The van der Waals surface area contributed by atoms with Gasteiger partial charge >= 0.3 is 0 Å². The Morgan fingerprint density at radius 2 is 2.29 bits per heavy atom. The van der Waals surface area contributed by atoms with Crippen LogP contribution in [-0.2, 0) is 9.53 Å². The summed E-state index contributed by atoms with van der Waals surface area (Å²) >= 11 is 0. The molecule has 1 heterocycles. The van der Waals surface area contributed by atoms with E-state index in [9.17, 15) is 9.18 Å². The molecule has 1 aliphatic rings. The zero-order valence-corrected chi connectivity index (χ0v) is 14.9. The number of carbonyl (C=O) groups excluding carboxylic acids is 1. The van der Waals surface area contributed by atoms with Gasteiger partial charge in [-0.2, -0.15) is 0 Å².